The molecule has 1 aliphatic carbocycles. The number of pyridine rings is 1. The van der Waals surface area contributed by atoms with E-state index in [0.717, 1.165) is 32.0 Å². The molecule has 1 aromatic rings. The van der Waals surface area contributed by atoms with E-state index in [-0.39, 0.29) is 36.8 Å². The first kappa shape index (κ1) is 18.0. The molecule has 1 saturated carbocycles. The van der Waals surface area contributed by atoms with Gasteiger partial charge >= 0.3 is 0 Å². The van der Waals surface area contributed by atoms with Crippen LogP contribution in [0.3, 0.4) is 0 Å². The Labute approximate surface area is 137 Å². The fourth-order valence-electron chi connectivity index (χ4n) is 2.65. The van der Waals surface area contributed by atoms with Gasteiger partial charge in [0.05, 0.1) is 11.9 Å². The third-order valence-electron chi connectivity index (χ3n) is 3.95. The maximum absolute atomic E-state index is 12.0. The fourth-order valence-corrected chi connectivity index (χ4v) is 2.65. The number of amides is 1. The van der Waals surface area contributed by atoms with Crippen molar-refractivity contribution < 1.29 is 4.79 Å². The van der Waals surface area contributed by atoms with Crippen molar-refractivity contribution in [2.24, 2.45) is 0 Å². The zero-order valence-corrected chi connectivity index (χ0v) is 13.5. The van der Waals surface area contributed by atoms with Crippen LogP contribution in [0.1, 0.15) is 36.2 Å². The van der Waals surface area contributed by atoms with Crippen LogP contribution in [0, 0.1) is 0 Å². The summed E-state index contributed by atoms with van der Waals surface area (Å²) < 4.78 is 0. The summed E-state index contributed by atoms with van der Waals surface area (Å²) in [7, 11) is 0. The maximum Gasteiger partial charge on any atom is 0.270 e. The Morgan fingerprint density at radius 1 is 1.19 bits per heavy atom. The molecule has 0 radical (unpaired) electrons. The SMILES string of the molecule is Cl.Cl.Nc1ccc(C(=O)NC2CCN(C3CC3)CC2)nc1. The molecule has 21 heavy (non-hydrogen) atoms. The molecule has 2 heterocycles. The van der Waals surface area contributed by atoms with Crippen LogP contribution in [0.25, 0.3) is 0 Å². The van der Waals surface area contributed by atoms with Crippen LogP contribution in [0.15, 0.2) is 18.3 Å². The molecule has 1 saturated heterocycles. The number of nitrogens with two attached hydrogens (primary N) is 1. The van der Waals surface area contributed by atoms with Crippen LogP contribution in [-0.2, 0) is 0 Å². The van der Waals surface area contributed by atoms with Crippen molar-refractivity contribution in [1.29, 1.82) is 0 Å². The fraction of sp³-hybridized carbons (Fsp3) is 0.571. The third-order valence-corrected chi connectivity index (χ3v) is 3.95. The molecule has 0 aromatic carbocycles. The summed E-state index contributed by atoms with van der Waals surface area (Å²) in [5.41, 5.74) is 6.58. The topological polar surface area (TPSA) is 71.2 Å². The van der Waals surface area contributed by atoms with Gasteiger partial charge in [-0.25, -0.2) is 4.98 Å². The van der Waals surface area contributed by atoms with Crippen molar-refractivity contribution >= 4 is 36.4 Å². The van der Waals surface area contributed by atoms with E-state index in [9.17, 15) is 4.79 Å². The van der Waals surface area contributed by atoms with Crippen LogP contribution >= 0.6 is 24.8 Å². The molecule has 2 aliphatic rings. The van der Waals surface area contributed by atoms with Crippen LogP contribution in [0.4, 0.5) is 5.69 Å². The highest BCUT2D eigenvalue weighted by molar-refractivity contribution is 5.92. The Bertz CT molecular complexity index is 457. The van der Waals surface area contributed by atoms with Crippen molar-refractivity contribution in [3.8, 4) is 0 Å². The summed E-state index contributed by atoms with van der Waals surface area (Å²) in [5.74, 6) is -0.0927. The van der Waals surface area contributed by atoms with E-state index in [2.05, 4.69) is 15.2 Å². The Balaban J connectivity index is 0.00000110. The number of carbonyl (C=O) groups excluding carboxylic acids is 1. The number of hydrogen-bond donors (Lipinski definition) is 2. The molecule has 3 N–H and O–H groups in total. The Hall–Kier alpha value is -1.04. The van der Waals surface area contributed by atoms with Gasteiger partial charge in [0.1, 0.15) is 5.69 Å². The Morgan fingerprint density at radius 3 is 2.38 bits per heavy atom. The van der Waals surface area contributed by atoms with Crippen LogP contribution < -0.4 is 11.1 Å². The number of rotatable bonds is 3. The van der Waals surface area contributed by atoms with Gasteiger partial charge in [0.2, 0.25) is 0 Å². The van der Waals surface area contributed by atoms with Crippen LogP contribution in [0.5, 0.6) is 0 Å². The highest BCUT2D eigenvalue weighted by Gasteiger charge is 2.32. The van der Waals surface area contributed by atoms with Gasteiger partial charge in [0, 0.05) is 25.2 Å². The molecule has 7 heteroatoms. The van der Waals surface area contributed by atoms with Crippen LogP contribution in [0.2, 0.25) is 0 Å². The number of nitrogen functional groups attached to an aromatic ring is 1. The number of halogens is 2. The number of nitrogens with one attached hydrogen (secondary N) is 1. The average Bonchev–Trinajstić information content (AvgIpc) is 3.25. The van der Waals surface area contributed by atoms with Gasteiger partial charge in [-0.2, -0.15) is 0 Å². The lowest BCUT2D eigenvalue weighted by atomic mass is 10.0. The molecule has 0 bridgehead atoms. The molecule has 1 aliphatic heterocycles. The summed E-state index contributed by atoms with van der Waals surface area (Å²) in [5, 5.41) is 3.07. The molecule has 3 rings (SSSR count). The zero-order valence-electron chi connectivity index (χ0n) is 11.8. The summed E-state index contributed by atoms with van der Waals surface area (Å²) in [4.78, 5) is 18.6. The summed E-state index contributed by atoms with van der Waals surface area (Å²) in [6.45, 7) is 2.20. The summed E-state index contributed by atoms with van der Waals surface area (Å²) >= 11 is 0. The number of piperidine rings is 1. The van der Waals surface area contributed by atoms with E-state index in [0.29, 0.717) is 11.4 Å². The minimum absolute atomic E-state index is 0. The third kappa shape index (κ3) is 4.73. The predicted molar refractivity (Wildman–Crippen MR) is 88.2 cm³/mol. The van der Waals surface area contributed by atoms with E-state index in [1.165, 1.54) is 19.0 Å². The summed E-state index contributed by atoms with van der Waals surface area (Å²) in [6, 6.07) is 4.49. The Morgan fingerprint density at radius 2 is 1.86 bits per heavy atom. The lowest BCUT2D eigenvalue weighted by Gasteiger charge is -2.32. The molecule has 1 aromatic heterocycles. The molecule has 0 atom stereocenters. The highest BCUT2D eigenvalue weighted by atomic mass is 35.5. The van der Waals surface area contributed by atoms with E-state index in [1.54, 1.807) is 12.1 Å². The first-order valence-corrected chi connectivity index (χ1v) is 6.99. The minimum Gasteiger partial charge on any atom is -0.397 e. The molecule has 1 amide bonds. The number of aromatic nitrogens is 1. The molecule has 118 valence electrons. The van der Waals surface area contributed by atoms with Crippen LogP contribution in [-0.4, -0.2) is 41.0 Å². The van der Waals surface area contributed by atoms with Gasteiger partial charge < -0.3 is 16.0 Å². The molecular formula is C14H22Cl2N4O. The number of anilines is 1. The van der Waals surface area contributed by atoms with Crippen molar-refractivity contribution in [2.45, 2.75) is 37.8 Å². The second-order valence-corrected chi connectivity index (χ2v) is 5.49. The number of nitrogens with zero attached hydrogens (tertiary/aromatic N) is 2. The Kier molecular flexibility index (Phi) is 6.71. The van der Waals surface area contributed by atoms with E-state index >= 15 is 0 Å². The van der Waals surface area contributed by atoms with Gasteiger partial charge in [0.15, 0.2) is 0 Å². The lowest BCUT2D eigenvalue weighted by molar-refractivity contribution is 0.0904. The lowest BCUT2D eigenvalue weighted by Crippen LogP contribution is -2.45. The quantitative estimate of drug-likeness (QED) is 0.886. The van der Waals surface area contributed by atoms with E-state index < -0.39 is 0 Å². The number of likely N-dealkylation sites (tertiary alicyclic amines) is 1. The second-order valence-electron chi connectivity index (χ2n) is 5.49. The predicted octanol–water partition coefficient (Wildman–Crippen LogP) is 1.86. The first-order chi connectivity index (χ1) is 9.22. The number of carbonyl (C=O) groups is 1. The first-order valence-electron chi connectivity index (χ1n) is 6.99. The van der Waals surface area contributed by atoms with Crippen molar-refractivity contribution in [2.75, 3.05) is 18.8 Å². The molecular weight excluding hydrogens is 311 g/mol. The molecule has 0 spiro atoms. The highest BCUT2D eigenvalue weighted by Crippen LogP contribution is 2.29. The van der Waals surface area contributed by atoms with Gasteiger partial charge in [-0.15, -0.1) is 24.8 Å². The zero-order chi connectivity index (χ0) is 13.2. The maximum atomic E-state index is 12.0. The van der Waals surface area contributed by atoms with Gasteiger partial charge in [-0.1, -0.05) is 0 Å². The van der Waals surface area contributed by atoms with Crippen molar-refractivity contribution in [3.05, 3.63) is 24.0 Å². The van der Waals surface area contributed by atoms with Crippen molar-refractivity contribution in [3.63, 3.8) is 0 Å². The number of hydrogen-bond acceptors (Lipinski definition) is 4. The molecule has 5 nitrogen and oxygen atoms in total. The van der Waals surface area contributed by atoms with Gasteiger partial charge in [0.25, 0.3) is 5.91 Å². The minimum atomic E-state index is -0.0927. The van der Waals surface area contributed by atoms with E-state index in [4.69, 9.17) is 5.73 Å². The monoisotopic (exact) mass is 332 g/mol. The van der Waals surface area contributed by atoms with Crippen molar-refractivity contribution in [1.82, 2.24) is 15.2 Å². The normalized spacial score (nSPS) is 19.2. The smallest absolute Gasteiger partial charge is 0.270 e. The van der Waals surface area contributed by atoms with Gasteiger partial charge in [-0.05, 0) is 37.8 Å². The molecule has 2 fully saturated rings. The van der Waals surface area contributed by atoms with Gasteiger partial charge in [-0.3, -0.25) is 4.79 Å². The standard InChI is InChI=1S/C14H20N4O.2ClH/c15-10-1-4-13(16-9-10)14(19)17-11-5-7-18(8-6-11)12-2-3-12;;/h1,4,9,11-12H,2-3,5-8,15H2,(H,17,19);2*1H. The second kappa shape index (κ2) is 7.82. The average molecular weight is 333 g/mol. The molecule has 0 unspecified atom stereocenters. The van der Waals surface area contributed by atoms with E-state index in [1.807, 2.05) is 0 Å². The largest absolute Gasteiger partial charge is 0.397 e. The summed E-state index contributed by atoms with van der Waals surface area (Å²) in [6.07, 6.45) is 6.30.